The number of nitrogens with one attached hydrogen (secondary N) is 1. The summed E-state index contributed by atoms with van der Waals surface area (Å²) in [6.07, 6.45) is 0. The Morgan fingerprint density at radius 3 is 2.72 bits per heavy atom. The van der Waals surface area contributed by atoms with Crippen molar-refractivity contribution in [1.82, 2.24) is 4.31 Å². The van der Waals surface area contributed by atoms with Crippen LogP contribution in [-0.4, -0.2) is 31.8 Å². The summed E-state index contributed by atoms with van der Waals surface area (Å²) in [5.74, 6) is -0.0401. The van der Waals surface area contributed by atoms with Crippen LogP contribution in [0.15, 0.2) is 29.2 Å². The number of sulfonamides is 1. The van der Waals surface area contributed by atoms with Crippen molar-refractivity contribution in [3.8, 4) is 5.75 Å². The summed E-state index contributed by atoms with van der Waals surface area (Å²) >= 11 is 13.4. The summed E-state index contributed by atoms with van der Waals surface area (Å²) in [5, 5.41) is 2.62. The van der Waals surface area contributed by atoms with Gasteiger partial charge in [0.25, 0.3) is 5.91 Å². The molecular weight excluding hydrogens is 407 g/mol. The van der Waals surface area contributed by atoms with E-state index >= 15 is 0 Å². The number of amides is 1. The molecule has 0 spiro atoms. The first kappa shape index (κ1) is 18.5. The van der Waals surface area contributed by atoms with E-state index < -0.39 is 10.0 Å². The zero-order chi connectivity index (χ0) is 18.2. The van der Waals surface area contributed by atoms with Gasteiger partial charge in [-0.05, 0) is 18.2 Å². The van der Waals surface area contributed by atoms with E-state index in [1.165, 1.54) is 27.8 Å². The van der Waals surface area contributed by atoms with Crippen LogP contribution in [0.2, 0.25) is 9.36 Å². The van der Waals surface area contributed by atoms with Gasteiger partial charge in [0.2, 0.25) is 10.0 Å². The number of thiophene rings is 1. The summed E-state index contributed by atoms with van der Waals surface area (Å²) in [5.41, 5.74) is 0.355. The molecule has 10 heteroatoms. The lowest BCUT2D eigenvalue weighted by molar-refractivity contribution is -0.118. The highest BCUT2D eigenvalue weighted by molar-refractivity contribution is 7.89. The maximum absolute atomic E-state index is 13.0. The number of rotatable bonds is 5. The predicted octanol–water partition coefficient (Wildman–Crippen LogP) is 3.60. The second kappa shape index (κ2) is 7.13. The fraction of sp³-hybridized carbons (Fsp3) is 0.267. The maximum atomic E-state index is 13.0. The van der Waals surface area contributed by atoms with Crippen LogP contribution in [0.5, 0.6) is 5.75 Å². The van der Waals surface area contributed by atoms with Crippen LogP contribution in [0, 0.1) is 0 Å². The molecule has 1 amide bonds. The standard InChI is InChI=1S/C15H14Cl2N2O4S2/c1-2-19(7-9-3-4-14(17)24-9)25(21,22)13-6-12-11(5-10(13)16)18-15(20)8-23-12/h3-6H,2,7-8H2,1H3,(H,18,20). The van der Waals surface area contributed by atoms with Crippen LogP contribution in [0.4, 0.5) is 5.69 Å². The van der Waals surface area contributed by atoms with E-state index in [4.69, 9.17) is 27.9 Å². The second-order valence-electron chi connectivity index (χ2n) is 5.25. The topological polar surface area (TPSA) is 75.7 Å². The van der Waals surface area contributed by atoms with Gasteiger partial charge in [-0.2, -0.15) is 4.31 Å². The number of carbonyl (C=O) groups excluding carboxylic acids is 1. The summed E-state index contributed by atoms with van der Waals surface area (Å²) in [6.45, 7) is 2.04. The molecule has 0 bridgehead atoms. The quantitative estimate of drug-likeness (QED) is 0.801. The Balaban J connectivity index is 1.96. The van der Waals surface area contributed by atoms with Gasteiger partial charge in [-0.15, -0.1) is 11.3 Å². The van der Waals surface area contributed by atoms with Crippen molar-refractivity contribution in [3.05, 3.63) is 38.5 Å². The Morgan fingerprint density at radius 1 is 1.32 bits per heavy atom. The first-order chi connectivity index (χ1) is 11.8. The molecule has 0 aliphatic carbocycles. The van der Waals surface area contributed by atoms with Crippen molar-refractivity contribution in [2.75, 3.05) is 18.5 Å². The van der Waals surface area contributed by atoms with Crippen LogP contribution in [0.3, 0.4) is 0 Å². The van der Waals surface area contributed by atoms with E-state index in [0.717, 1.165) is 4.88 Å². The molecule has 0 atom stereocenters. The van der Waals surface area contributed by atoms with Gasteiger partial charge in [-0.1, -0.05) is 30.1 Å². The van der Waals surface area contributed by atoms with Crippen LogP contribution < -0.4 is 10.1 Å². The Kier molecular flexibility index (Phi) is 5.26. The minimum absolute atomic E-state index is 0.0206. The number of fused-ring (bicyclic) bond motifs is 1. The van der Waals surface area contributed by atoms with Crippen molar-refractivity contribution in [1.29, 1.82) is 0 Å². The largest absolute Gasteiger partial charge is 0.482 e. The third-order valence-electron chi connectivity index (χ3n) is 3.60. The van der Waals surface area contributed by atoms with Gasteiger partial charge in [0.05, 0.1) is 15.0 Å². The number of hydrogen-bond donors (Lipinski definition) is 1. The smallest absolute Gasteiger partial charge is 0.262 e. The molecule has 25 heavy (non-hydrogen) atoms. The highest BCUT2D eigenvalue weighted by Crippen LogP contribution is 2.37. The molecule has 134 valence electrons. The fourth-order valence-electron chi connectivity index (χ4n) is 2.40. The predicted molar refractivity (Wildman–Crippen MR) is 98.2 cm³/mol. The molecule has 3 rings (SSSR count). The number of ether oxygens (including phenoxy) is 1. The lowest BCUT2D eigenvalue weighted by atomic mass is 10.2. The van der Waals surface area contributed by atoms with E-state index in [1.54, 1.807) is 19.1 Å². The van der Waals surface area contributed by atoms with Crippen LogP contribution in [0.1, 0.15) is 11.8 Å². The first-order valence-electron chi connectivity index (χ1n) is 7.32. The monoisotopic (exact) mass is 420 g/mol. The fourth-order valence-corrected chi connectivity index (χ4v) is 5.53. The number of hydrogen-bond acceptors (Lipinski definition) is 5. The van der Waals surface area contributed by atoms with Crippen LogP contribution >= 0.6 is 34.5 Å². The SMILES string of the molecule is CCN(Cc1ccc(Cl)s1)S(=O)(=O)c1cc2c(cc1Cl)NC(=O)CO2. The van der Waals surface area contributed by atoms with E-state index in [1.807, 2.05) is 0 Å². The van der Waals surface area contributed by atoms with Crippen molar-refractivity contribution >= 4 is 56.2 Å². The van der Waals surface area contributed by atoms with E-state index in [0.29, 0.717) is 10.0 Å². The van der Waals surface area contributed by atoms with Crippen molar-refractivity contribution < 1.29 is 17.9 Å². The zero-order valence-corrected chi connectivity index (χ0v) is 16.2. The minimum atomic E-state index is -3.85. The van der Waals surface area contributed by atoms with Gasteiger partial charge in [0.15, 0.2) is 6.61 Å². The summed E-state index contributed by atoms with van der Waals surface area (Å²) in [4.78, 5) is 12.1. The zero-order valence-electron chi connectivity index (χ0n) is 13.1. The first-order valence-corrected chi connectivity index (χ1v) is 10.3. The number of benzene rings is 1. The van der Waals surface area contributed by atoms with E-state index in [-0.39, 0.29) is 41.3 Å². The molecule has 0 radical (unpaired) electrons. The van der Waals surface area contributed by atoms with Gasteiger partial charge in [-0.3, -0.25) is 4.79 Å². The van der Waals surface area contributed by atoms with Gasteiger partial charge < -0.3 is 10.1 Å². The molecule has 2 heterocycles. The van der Waals surface area contributed by atoms with Gasteiger partial charge in [0.1, 0.15) is 10.6 Å². The highest BCUT2D eigenvalue weighted by atomic mass is 35.5. The molecule has 0 saturated carbocycles. The summed E-state index contributed by atoms with van der Waals surface area (Å²) < 4.78 is 33.2. The Hall–Kier alpha value is -1.32. The molecule has 0 unspecified atom stereocenters. The van der Waals surface area contributed by atoms with Crippen molar-refractivity contribution in [2.45, 2.75) is 18.4 Å². The molecule has 1 aliphatic heterocycles. The average molecular weight is 421 g/mol. The third kappa shape index (κ3) is 3.78. The van der Waals surface area contributed by atoms with Gasteiger partial charge in [0, 0.05) is 24.0 Å². The molecule has 1 aromatic carbocycles. The molecule has 0 fully saturated rings. The molecule has 1 aliphatic rings. The second-order valence-corrected chi connectivity index (χ2v) is 9.37. The maximum Gasteiger partial charge on any atom is 0.262 e. The van der Waals surface area contributed by atoms with Crippen molar-refractivity contribution in [2.24, 2.45) is 0 Å². The number of carbonyl (C=O) groups is 1. The normalized spacial score (nSPS) is 14.2. The number of nitrogens with zero attached hydrogens (tertiary/aromatic N) is 1. The third-order valence-corrected chi connectivity index (χ3v) is 7.20. The molecular formula is C15H14Cl2N2O4S2. The van der Waals surface area contributed by atoms with Crippen LogP contribution in [0.25, 0.3) is 0 Å². The highest BCUT2D eigenvalue weighted by Gasteiger charge is 2.29. The van der Waals surface area contributed by atoms with Gasteiger partial charge >= 0.3 is 0 Å². The van der Waals surface area contributed by atoms with Gasteiger partial charge in [-0.25, -0.2) is 8.42 Å². The molecule has 2 aromatic rings. The Labute approximate surface area is 159 Å². The number of halogens is 2. The average Bonchev–Trinajstić information content (AvgIpc) is 2.96. The lowest BCUT2D eigenvalue weighted by Crippen LogP contribution is -2.31. The van der Waals surface area contributed by atoms with E-state index in [9.17, 15) is 13.2 Å². The molecule has 1 N–H and O–H groups in total. The molecule has 1 aromatic heterocycles. The van der Waals surface area contributed by atoms with Crippen molar-refractivity contribution in [3.63, 3.8) is 0 Å². The van der Waals surface area contributed by atoms with Crippen LogP contribution in [-0.2, 0) is 21.4 Å². The summed E-state index contributed by atoms with van der Waals surface area (Å²) in [6, 6.07) is 6.25. The summed E-state index contributed by atoms with van der Waals surface area (Å²) in [7, 11) is -3.85. The Morgan fingerprint density at radius 2 is 2.08 bits per heavy atom. The minimum Gasteiger partial charge on any atom is -0.482 e. The number of anilines is 1. The molecule has 0 saturated heterocycles. The van der Waals surface area contributed by atoms with E-state index in [2.05, 4.69) is 5.32 Å². The molecule has 6 nitrogen and oxygen atoms in total. The lowest BCUT2D eigenvalue weighted by Gasteiger charge is -2.23. The Bertz CT molecular complexity index is 928.